The van der Waals surface area contributed by atoms with Crippen LogP contribution in [0.15, 0.2) is 54.6 Å². The van der Waals surface area contributed by atoms with Gasteiger partial charge in [-0.3, -0.25) is 9.80 Å². The van der Waals surface area contributed by atoms with Crippen molar-refractivity contribution in [2.24, 2.45) is 0 Å². The average Bonchev–Trinajstić information content (AvgIpc) is 2.77. The summed E-state index contributed by atoms with van der Waals surface area (Å²) in [4.78, 5) is 24.0. The normalized spacial score (nSPS) is 15.9. The van der Waals surface area contributed by atoms with Crippen molar-refractivity contribution in [3.8, 4) is 0 Å². The molecule has 0 bridgehead atoms. The molecule has 1 aliphatic heterocycles. The lowest BCUT2D eigenvalue weighted by Crippen LogP contribution is -2.51. The Morgan fingerprint density at radius 1 is 1.10 bits per heavy atom. The summed E-state index contributed by atoms with van der Waals surface area (Å²) in [6.45, 7) is 2.02. The van der Waals surface area contributed by atoms with Crippen molar-refractivity contribution in [3.63, 3.8) is 0 Å². The number of nitrogens with zero attached hydrogens (tertiary/aromatic N) is 2. The first-order valence-electron chi connectivity index (χ1n) is 10.0. The van der Waals surface area contributed by atoms with E-state index in [2.05, 4.69) is 5.01 Å². The molecule has 0 spiro atoms. The summed E-state index contributed by atoms with van der Waals surface area (Å²) in [5.41, 5.74) is 2.47. The van der Waals surface area contributed by atoms with E-state index in [1.165, 1.54) is 7.11 Å². The van der Waals surface area contributed by atoms with Crippen LogP contribution in [-0.2, 0) is 16.0 Å². The molecule has 1 aliphatic rings. The molecule has 1 fully saturated rings. The van der Waals surface area contributed by atoms with E-state index in [9.17, 15) is 14.7 Å². The third-order valence-corrected chi connectivity index (χ3v) is 5.27. The zero-order valence-corrected chi connectivity index (χ0v) is 16.8. The molecule has 0 aliphatic carbocycles. The summed E-state index contributed by atoms with van der Waals surface area (Å²) < 4.78 is 4.72. The van der Waals surface area contributed by atoms with E-state index in [0.717, 1.165) is 24.1 Å². The Balaban J connectivity index is 1.57. The van der Waals surface area contributed by atoms with Crippen molar-refractivity contribution in [2.75, 3.05) is 26.7 Å². The van der Waals surface area contributed by atoms with Gasteiger partial charge in [0.15, 0.2) is 0 Å². The number of carbonyl (C=O) groups is 2. The van der Waals surface area contributed by atoms with Gasteiger partial charge in [-0.2, -0.15) is 0 Å². The fourth-order valence-corrected chi connectivity index (χ4v) is 3.59. The number of hydrazine groups is 1. The third kappa shape index (κ3) is 5.65. The van der Waals surface area contributed by atoms with Crippen LogP contribution in [0.3, 0.4) is 0 Å². The molecule has 1 atom stereocenters. The SMILES string of the molecule is COC(=O)c1ccc(CCN2C(=O)CCCN2CCC(O)c2ccccc2)cc1. The van der Waals surface area contributed by atoms with E-state index in [-0.39, 0.29) is 11.9 Å². The lowest BCUT2D eigenvalue weighted by molar-refractivity contribution is -0.156. The van der Waals surface area contributed by atoms with Crippen molar-refractivity contribution in [1.29, 1.82) is 0 Å². The Morgan fingerprint density at radius 3 is 2.52 bits per heavy atom. The Kier molecular flexibility index (Phi) is 7.38. The maximum atomic E-state index is 12.5. The molecule has 1 N–H and O–H groups in total. The molecule has 6 heteroatoms. The minimum atomic E-state index is -0.541. The minimum Gasteiger partial charge on any atom is -0.465 e. The van der Waals surface area contributed by atoms with E-state index in [4.69, 9.17) is 4.74 Å². The number of methoxy groups -OCH3 is 1. The number of benzene rings is 2. The van der Waals surface area contributed by atoms with Crippen molar-refractivity contribution < 1.29 is 19.4 Å². The summed E-state index contributed by atoms with van der Waals surface area (Å²) >= 11 is 0. The summed E-state index contributed by atoms with van der Waals surface area (Å²) in [6, 6.07) is 16.9. The minimum absolute atomic E-state index is 0.122. The number of amides is 1. The van der Waals surface area contributed by atoms with Crippen LogP contribution < -0.4 is 0 Å². The van der Waals surface area contributed by atoms with Crippen molar-refractivity contribution >= 4 is 11.9 Å². The maximum Gasteiger partial charge on any atom is 0.337 e. The molecule has 1 heterocycles. The number of aliphatic hydroxyl groups excluding tert-OH is 1. The second kappa shape index (κ2) is 10.2. The standard InChI is InChI=1S/C23H28N2O4/c1-29-23(28)20-11-9-18(10-12-20)13-17-25-22(27)8-5-15-24(25)16-14-21(26)19-6-3-2-4-7-19/h2-4,6-7,9-12,21,26H,5,8,13-17H2,1H3. The Morgan fingerprint density at radius 2 is 1.83 bits per heavy atom. The molecule has 1 saturated heterocycles. The second-order valence-corrected chi connectivity index (χ2v) is 7.23. The Bertz CT molecular complexity index is 807. The van der Waals surface area contributed by atoms with E-state index < -0.39 is 6.10 Å². The van der Waals surface area contributed by atoms with Crippen molar-refractivity contribution in [1.82, 2.24) is 10.0 Å². The van der Waals surface area contributed by atoms with Gasteiger partial charge in [-0.1, -0.05) is 42.5 Å². The van der Waals surface area contributed by atoms with Crippen LogP contribution in [0.2, 0.25) is 0 Å². The van der Waals surface area contributed by atoms with Gasteiger partial charge in [-0.15, -0.1) is 0 Å². The first-order valence-corrected chi connectivity index (χ1v) is 10.0. The number of carbonyl (C=O) groups excluding carboxylic acids is 2. The number of ether oxygens (including phenoxy) is 1. The van der Waals surface area contributed by atoms with Crippen LogP contribution in [0.1, 0.15) is 46.9 Å². The number of hydrogen-bond acceptors (Lipinski definition) is 5. The molecule has 6 nitrogen and oxygen atoms in total. The van der Waals surface area contributed by atoms with E-state index in [0.29, 0.717) is 37.9 Å². The van der Waals surface area contributed by atoms with Crippen LogP contribution >= 0.6 is 0 Å². The van der Waals surface area contributed by atoms with Gasteiger partial charge < -0.3 is 9.84 Å². The quantitative estimate of drug-likeness (QED) is 0.695. The van der Waals surface area contributed by atoms with E-state index in [1.54, 1.807) is 12.1 Å². The number of rotatable bonds is 8. The largest absolute Gasteiger partial charge is 0.465 e. The lowest BCUT2D eigenvalue weighted by atomic mass is 10.1. The summed E-state index contributed by atoms with van der Waals surface area (Å²) in [6.07, 6.45) is 2.12. The predicted molar refractivity (Wildman–Crippen MR) is 110 cm³/mol. The molecule has 29 heavy (non-hydrogen) atoms. The number of aliphatic hydroxyl groups is 1. The molecule has 154 valence electrons. The van der Waals surface area contributed by atoms with E-state index in [1.807, 2.05) is 47.5 Å². The summed E-state index contributed by atoms with van der Waals surface area (Å²) in [5.74, 6) is -0.234. The molecule has 0 saturated carbocycles. The lowest BCUT2D eigenvalue weighted by Gasteiger charge is -2.39. The third-order valence-electron chi connectivity index (χ3n) is 5.27. The molecule has 2 aromatic carbocycles. The zero-order valence-electron chi connectivity index (χ0n) is 16.8. The molecule has 3 rings (SSSR count). The Hall–Kier alpha value is -2.70. The fourth-order valence-electron chi connectivity index (χ4n) is 3.59. The van der Waals surface area contributed by atoms with Gasteiger partial charge in [0.1, 0.15) is 0 Å². The van der Waals surface area contributed by atoms with E-state index >= 15 is 0 Å². The second-order valence-electron chi connectivity index (χ2n) is 7.23. The molecular weight excluding hydrogens is 368 g/mol. The molecule has 1 unspecified atom stereocenters. The van der Waals surface area contributed by atoms with Crippen LogP contribution in [0.5, 0.6) is 0 Å². The maximum absolute atomic E-state index is 12.5. The fraction of sp³-hybridized carbons (Fsp3) is 0.391. The van der Waals surface area contributed by atoms with Crippen LogP contribution in [0.4, 0.5) is 0 Å². The topological polar surface area (TPSA) is 70.1 Å². The highest BCUT2D eigenvalue weighted by Gasteiger charge is 2.26. The molecular formula is C23H28N2O4. The van der Waals surface area contributed by atoms with Gasteiger partial charge >= 0.3 is 5.97 Å². The molecule has 0 aromatic heterocycles. The first kappa shape index (κ1) is 21.0. The van der Waals surface area contributed by atoms with Crippen LogP contribution in [0.25, 0.3) is 0 Å². The highest BCUT2D eigenvalue weighted by atomic mass is 16.5. The monoisotopic (exact) mass is 396 g/mol. The van der Waals surface area contributed by atoms with Gasteiger partial charge in [0.05, 0.1) is 18.8 Å². The van der Waals surface area contributed by atoms with Crippen molar-refractivity contribution in [3.05, 3.63) is 71.3 Å². The van der Waals surface area contributed by atoms with Gasteiger partial charge in [-0.05, 0) is 42.5 Å². The summed E-state index contributed by atoms with van der Waals surface area (Å²) in [5, 5.41) is 14.3. The zero-order chi connectivity index (χ0) is 20.6. The molecule has 1 amide bonds. The average molecular weight is 396 g/mol. The van der Waals surface area contributed by atoms with Gasteiger partial charge in [-0.25, -0.2) is 9.80 Å². The number of hydrogen-bond donors (Lipinski definition) is 1. The van der Waals surface area contributed by atoms with Gasteiger partial charge in [0.2, 0.25) is 5.91 Å². The number of esters is 1. The van der Waals surface area contributed by atoms with Crippen molar-refractivity contribution in [2.45, 2.75) is 31.8 Å². The summed E-state index contributed by atoms with van der Waals surface area (Å²) in [7, 11) is 1.36. The van der Waals surface area contributed by atoms with Gasteiger partial charge in [0.25, 0.3) is 0 Å². The molecule has 0 radical (unpaired) electrons. The van der Waals surface area contributed by atoms with Crippen LogP contribution in [0, 0.1) is 0 Å². The van der Waals surface area contributed by atoms with Crippen LogP contribution in [-0.4, -0.2) is 53.7 Å². The van der Waals surface area contributed by atoms with Gasteiger partial charge in [0, 0.05) is 26.1 Å². The first-order chi connectivity index (χ1) is 14.1. The predicted octanol–water partition coefficient (Wildman–Crippen LogP) is 2.98. The highest BCUT2D eigenvalue weighted by molar-refractivity contribution is 5.89. The molecule has 2 aromatic rings. The smallest absolute Gasteiger partial charge is 0.337 e. The Labute approximate surface area is 171 Å². The highest BCUT2D eigenvalue weighted by Crippen LogP contribution is 2.20.